The molecular formula is C27H31N5O4S. The maximum atomic E-state index is 13.3. The number of pyridine rings is 1. The van der Waals surface area contributed by atoms with Crippen LogP contribution in [0.1, 0.15) is 58.8 Å². The van der Waals surface area contributed by atoms with Crippen LogP contribution in [0.15, 0.2) is 35.4 Å². The van der Waals surface area contributed by atoms with E-state index in [1.165, 1.54) is 0 Å². The molecule has 0 bridgehead atoms. The van der Waals surface area contributed by atoms with E-state index >= 15 is 0 Å². The van der Waals surface area contributed by atoms with E-state index in [0.717, 1.165) is 30.2 Å². The van der Waals surface area contributed by atoms with Gasteiger partial charge in [-0.1, -0.05) is 0 Å². The summed E-state index contributed by atoms with van der Waals surface area (Å²) in [7, 11) is -1.93. The molecule has 3 aromatic rings. The number of aromatic nitrogens is 3. The van der Waals surface area contributed by atoms with Crippen molar-refractivity contribution >= 4 is 21.7 Å². The summed E-state index contributed by atoms with van der Waals surface area (Å²) in [6.45, 7) is 6.69. The van der Waals surface area contributed by atoms with Crippen LogP contribution in [0.2, 0.25) is 0 Å². The molecule has 194 valence electrons. The number of carbonyl (C=O) groups is 2. The second-order valence-corrected chi connectivity index (χ2v) is 12.1. The summed E-state index contributed by atoms with van der Waals surface area (Å²) in [6.07, 6.45) is 4.96. The predicted molar refractivity (Wildman–Crippen MR) is 140 cm³/mol. The van der Waals surface area contributed by atoms with Gasteiger partial charge in [-0.05, 0) is 80.5 Å². The van der Waals surface area contributed by atoms with E-state index in [0.29, 0.717) is 47.5 Å². The molecule has 37 heavy (non-hydrogen) atoms. The number of imidazole rings is 1. The third-order valence-electron chi connectivity index (χ3n) is 7.44. The van der Waals surface area contributed by atoms with Gasteiger partial charge in [0, 0.05) is 44.3 Å². The number of hydrogen-bond donors (Lipinski definition) is 1. The molecule has 1 atom stereocenters. The largest absolute Gasteiger partial charge is 0.341 e. The molecule has 1 aliphatic carbocycles. The number of H-pyrrole nitrogens is 1. The molecule has 2 aliphatic rings. The van der Waals surface area contributed by atoms with Crippen molar-refractivity contribution in [1.29, 1.82) is 0 Å². The molecule has 2 aromatic heterocycles. The average Bonchev–Trinajstić information content (AvgIpc) is 3.58. The lowest BCUT2D eigenvalue weighted by atomic mass is 10.0. The Hall–Kier alpha value is -3.53. The third-order valence-corrected chi connectivity index (χ3v) is 8.56. The quantitative estimate of drug-likeness (QED) is 0.507. The Labute approximate surface area is 216 Å². The zero-order chi connectivity index (χ0) is 26.6. The van der Waals surface area contributed by atoms with Crippen LogP contribution in [0, 0.1) is 12.8 Å². The van der Waals surface area contributed by atoms with Crippen LogP contribution in [0.25, 0.3) is 22.6 Å². The van der Waals surface area contributed by atoms with Gasteiger partial charge in [-0.3, -0.25) is 14.6 Å². The fourth-order valence-electron chi connectivity index (χ4n) is 4.91. The van der Waals surface area contributed by atoms with Crippen molar-refractivity contribution in [2.75, 3.05) is 19.8 Å². The Morgan fingerprint density at radius 3 is 2.62 bits per heavy atom. The molecule has 0 saturated heterocycles. The fraction of sp³-hybridized carbons (Fsp3) is 0.407. The highest BCUT2D eigenvalue weighted by Crippen LogP contribution is 2.41. The highest BCUT2D eigenvalue weighted by molar-refractivity contribution is 7.90. The molecule has 1 aromatic carbocycles. The van der Waals surface area contributed by atoms with Gasteiger partial charge in [0.25, 0.3) is 11.8 Å². The SMILES string of the molecule is CCN(C)C(=O)c1nc(-c2cc(-c3cc4c(c(S(C)(=O)=O)c3)C(=O)N([C@@H](C)C3CC3)C4)ccn2)[nH]c1C. The monoisotopic (exact) mass is 521 g/mol. The van der Waals surface area contributed by atoms with Gasteiger partial charge in [0.15, 0.2) is 15.7 Å². The molecule has 3 heterocycles. The topological polar surface area (TPSA) is 116 Å². The summed E-state index contributed by atoms with van der Waals surface area (Å²) in [6, 6.07) is 7.17. The van der Waals surface area contributed by atoms with E-state index in [2.05, 4.69) is 15.0 Å². The van der Waals surface area contributed by atoms with Crippen LogP contribution in [0.5, 0.6) is 0 Å². The van der Waals surface area contributed by atoms with Crippen molar-refractivity contribution in [3.63, 3.8) is 0 Å². The van der Waals surface area contributed by atoms with Gasteiger partial charge in [-0.15, -0.1) is 0 Å². The summed E-state index contributed by atoms with van der Waals surface area (Å²) in [5.74, 6) is 0.547. The average molecular weight is 522 g/mol. The highest BCUT2D eigenvalue weighted by atomic mass is 32.2. The van der Waals surface area contributed by atoms with Crippen LogP contribution in [0.3, 0.4) is 0 Å². The summed E-state index contributed by atoms with van der Waals surface area (Å²) >= 11 is 0. The Kier molecular flexibility index (Phi) is 6.18. The number of nitrogens with zero attached hydrogens (tertiary/aromatic N) is 4. The lowest BCUT2D eigenvalue weighted by Crippen LogP contribution is -2.35. The number of carbonyl (C=O) groups excluding carboxylic acids is 2. The summed E-state index contributed by atoms with van der Waals surface area (Å²) in [5, 5.41) is 0. The van der Waals surface area contributed by atoms with Gasteiger partial charge in [0.2, 0.25) is 0 Å². The first kappa shape index (κ1) is 25.1. The third kappa shape index (κ3) is 4.54. The van der Waals surface area contributed by atoms with Gasteiger partial charge in [-0.2, -0.15) is 0 Å². The second-order valence-electron chi connectivity index (χ2n) is 10.1. The van der Waals surface area contributed by atoms with Crippen LogP contribution in [-0.4, -0.2) is 70.9 Å². The molecule has 0 spiro atoms. The Morgan fingerprint density at radius 2 is 1.97 bits per heavy atom. The smallest absolute Gasteiger partial charge is 0.274 e. The van der Waals surface area contributed by atoms with Crippen LogP contribution in [0.4, 0.5) is 0 Å². The zero-order valence-corrected chi connectivity index (χ0v) is 22.5. The number of rotatable bonds is 7. The van der Waals surface area contributed by atoms with Gasteiger partial charge in [0.1, 0.15) is 11.4 Å². The van der Waals surface area contributed by atoms with Crippen molar-refractivity contribution in [2.24, 2.45) is 5.92 Å². The number of sulfone groups is 1. The van der Waals surface area contributed by atoms with Gasteiger partial charge < -0.3 is 14.8 Å². The second kappa shape index (κ2) is 9.09. The van der Waals surface area contributed by atoms with Crippen LogP contribution < -0.4 is 0 Å². The van der Waals surface area contributed by atoms with Crippen LogP contribution >= 0.6 is 0 Å². The number of amides is 2. The minimum atomic E-state index is -3.65. The molecule has 1 saturated carbocycles. The van der Waals surface area contributed by atoms with E-state index in [4.69, 9.17) is 0 Å². The predicted octanol–water partition coefficient (Wildman–Crippen LogP) is 3.70. The molecule has 5 rings (SSSR count). The van der Waals surface area contributed by atoms with Crippen molar-refractivity contribution in [3.05, 3.63) is 53.0 Å². The summed E-state index contributed by atoms with van der Waals surface area (Å²) in [4.78, 5) is 41.5. The minimum Gasteiger partial charge on any atom is -0.341 e. The number of hydrogen-bond acceptors (Lipinski definition) is 6. The van der Waals surface area contributed by atoms with Crippen molar-refractivity contribution in [2.45, 2.75) is 51.1 Å². The first-order valence-corrected chi connectivity index (χ1v) is 14.4. The molecule has 10 heteroatoms. The van der Waals surface area contributed by atoms with E-state index in [9.17, 15) is 18.0 Å². The highest BCUT2D eigenvalue weighted by Gasteiger charge is 2.40. The van der Waals surface area contributed by atoms with Gasteiger partial charge in [-0.25, -0.2) is 13.4 Å². The van der Waals surface area contributed by atoms with Crippen molar-refractivity contribution in [1.82, 2.24) is 24.8 Å². The van der Waals surface area contributed by atoms with Crippen molar-refractivity contribution in [3.8, 4) is 22.6 Å². The molecule has 2 amide bonds. The number of aryl methyl sites for hydroxylation is 1. The molecule has 0 unspecified atom stereocenters. The van der Waals surface area contributed by atoms with Crippen molar-refractivity contribution < 1.29 is 18.0 Å². The van der Waals surface area contributed by atoms with Gasteiger partial charge in [0.05, 0.1) is 10.5 Å². The fourth-order valence-corrected chi connectivity index (χ4v) is 5.84. The molecule has 9 nitrogen and oxygen atoms in total. The Bertz CT molecular complexity index is 1520. The Morgan fingerprint density at radius 1 is 1.24 bits per heavy atom. The molecule has 0 radical (unpaired) electrons. The maximum absolute atomic E-state index is 13.3. The molecule has 1 fully saturated rings. The first-order valence-electron chi connectivity index (χ1n) is 12.5. The van der Waals surface area contributed by atoms with Crippen LogP contribution in [-0.2, 0) is 16.4 Å². The Balaban J connectivity index is 1.55. The number of aromatic amines is 1. The molecule has 1 aliphatic heterocycles. The minimum absolute atomic E-state index is 0.0539. The van der Waals surface area contributed by atoms with E-state index in [1.807, 2.05) is 26.0 Å². The van der Waals surface area contributed by atoms with E-state index in [1.54, 1.807) is 42.1 Å². The number of fused-ring (bicyclic) bond motifs is 1. The number of nitrogens with one attached hydrogen (secondary N) is 1. The normalized spacial score (nSPS) is 16.1. The molecular weight excluding hydrogens is 490 g/mol. The lowest BCUT2D eigenvalue weighted by molar-refractivity contribution is 0.0694. The first-order chi connectivity index (χ1) is 17.5. The number of benzene rings is 1. The lowest BCUT2D eigenvalue weighted by Gasteiger charge is -2.24. The summed E-state index contributed by atoms with van der Waals surface area (Å²) < 4.78 is 25.6. The zero-order valence-electron chi connectivity index (χ0n) is 21.7. The molecule has 1 N–H and O–H groups in total. The van der Waals surface area contributed by atoms with Gasteiger partial charge >= 0.3 is 0 Å². The standard InChI is InChI=1S/C27H31N5O4S/c1-6-31(4)27(34)24-15(2)29-25(30-24)21-12-18(9-10-28-21)19-11-20-14-32(16(3)17-7-8-17)26(33)23(20)22(13-19)37(5,35)36/h9-13,16-17H,6-8,14H2,1-5H3,(H,29,30)/t16-/m0/s1. The maximum Gasteiger partial charge on any atom is 0.274 e. The van der Waals surface area contributed by atoms with E-state index < -0.39 is 9.84 Å². The van der Waals surface area contributed by atoms with E-state index in [-0.39, 0.29) is 28.3 Å². The summed E-state index contributed by atoms with van der Waals surface area (Å²) in [5.41, 5.74) is 3.95.